The van der Waals surface area contributed by atoms with E-state index >= 15 is 0 Å². The van der Waals surface area contributed by atoms with Gasteiger partial charge in [-0.05, 0) is 48.4 Å². The number of sulfonamides is 2. The minimum Gasteiger partial charge on any atom is -0.284 e. The zero-order chi connectivity index (χ0) is 17.5. The minimum absolute atomic E-state index is 0.140. The average molecular weight is 387 g/mol. The smallest absolute Gasteiger partial charge is 0.264 e. The second-order valence-electron chi connectivity index (χ2n) is 5.50. The van der Waals surface area contributed by atoms with E-state index in [2.05, 4.69) is 4.72 Å². The Morgan fingerprint density at radius 1 is 1.04 bits per heavy atom. The van der Waals surface area contributed by atoms with Crippen LogP contribution in [-0.2, 0) is 26.5 Å². The number of anilines is 2. The van der Waals surface area contributed by atoms with E-state index in [1.807, 2.05) is 0 Å². The number of halogens is 1. The van der Waals surface area contributed by atoms with Gasteiger partial charge in [0.2, 0.25) is 10.0 Å². The Bertz CT molecular complexity index is 987. The minimum atomic E-state index is -3.73. The summed E-state index contributed by atoms with van der Waals surface area (Å²) in [6, 6.07) is 10.8. The van der Waals surface area contributed by atoms with Gasteiger partial charge in [-0.25, -0.2) is 16.8 Å². The van der Waals surface area contributed by atoms with Gasteiger partial charge < -0.3 is 0 Å². The summed E-state index contributed by atoms with van der Waals surface area (Å²) in [6.45, 7) is 0.308. The Morgan fingerprint density at radius 3 is 2.33 bits per heavy atom. The van der Waals surface area contributed by atoms with Gasteiger partial charge in [0.05, 0.1) is 22.5 Å². The average Bonchev–Trinajstić information content (AvgIpc) is 2.89. The Balaban J connectivity index is 2.01. The van der Waals surface area contributed by atoms with E-state index in [4.69, 9.17) is 11.6 Å². The molecule has 0 atom stereocenters. The number of nitrogens with zero attached hydrogens (tertiary/aromatic N) is 1. The molecule has 24 heavy (non-hydrogen) atoms. The maximum atomic E-state index is 12.8. The number of benzene rings is 2. The van der Waals surface area contributed by atoms with Crippen LogP contribution in [0, 0.1) is 0 Å². The highest BCUT2D eigenvalue weighted by molar-refractivity contribution is 7.93. The van der Waals surface area contributed by atoms with Crippen molar-refractivity contribution in [1.29, 1.82) is 0 Å². The number of nitrogens with one attached hydrogen (secondary N) is 1. The van der Waals surface area contributed by atoms with Crippen LogP contribution in [-0.4, -0.2) is 29.6 Å². The van der Waals surface area contributed by atoms with Crippen LogP contribution in [0.15, 0.2) is 47.4 Å². The van der Waals surface area contributed by atoms with Gasteiger partial charge in [0.1, 0.15) is 0 Å². The zero-order valence-electron chi connectivity index (χ0n) is 12.7. The van der Waals surface area contributed by atoms with Crippen molar-refractivity contribution in [2.45, 2.75) is 11.3 Å². The van der Waals surface area contributed by atoms with Crippen LogP contribution in [0.3, 0.4) is 0 Å². The molecule has 6 nitrogen and oxygen atoms in total. The van der Waals surface area contributed by atoms with Gasteiger partial charge in [-0.1, -0.05) is 17.7 Å². The van der Waals surface area contributed by atoms with Crippen molar-refractivity contribution in [2.24, 2.45) is 0 Å². The van der Waals surface area contributed by atoms with Crippen molar-refractivity contribution in [2.75, 3.05) is 21.8 Å². The van der Waals surface area contributed by atoms with Gasteiger partial charge in [0.25, 0.3) is 10.0 Å². The van der Waals surface area contributed by atoms with Crippen LogP contribution < -0.4 is 9.03 Å². The molecule has 2 aromatic carbocycles. The first-order chi connectivity index (χ1) is 11.2. The Kier molecular flexibility index (Phi) is 4.23. The summed E-state index contributed by atoms with van der Waals surface area (Å²) in [4.78, 5) is 0.140. The molecular weight excluding hydrogens is 372 g/mol. The van der Waals surface area contributed by atoms with Gasteiger partial charge in [-0.2, -0.15) is 0 Å². The van der Waals surface area contributed by atoms with Crippen molar-refractivity contribution in [3.63, 3.8) is 0 Å². The molecule has 9 heteroatoms. The third-order valence-corrected chi connectivity index (χ3v) is 6.33. The molecule has 0 radical (unpaired) electrons. The molecule has 3 rings (SSSR count). The molecule has 1 aliphatic rings. The van der Waals surface area contributed by atoms with Crippen LogP contribution in [0.25, 0.3) is 0 Å². The largest absolute Gasteiger partial charge is 0.284 e. The number of fused-ring (bicyclic) bond motifs is 1. The molecule has 0 aliphatic carbocycles. The quantitative estimate of drug-likeness (QED) is 0.874. The molecule has 0 amide bonds. The molecule has 0 saturated heterocycles. The van der Waals surface area contributed by atoms with Gasteiger partial charge in [-0.3, -0.25) is 9.03 Å². The van der Waals surface area contributed by atoms with Crippen LogP contribution in [0.5, 0.6) is 0 Å². The summed E-state index contributed by atoms with van der Waals surface area (Å²) >= 11 is 5.81. The Labute approximate surface area is 146 Å². The fourth-order valence-corrected chi connectivity index (χ4v) is 4.79. The maximum absolute atomic E-state index is 12.8. The third kappa shape index (κ3) is 3.35. The van der Waals surface area contributed by atoms with Gasteiger partial charge >= 0.3 is 0 Å². The summed E-state index contributed by atoms with van der Waals surface area (Å²) in [5.74, 6) is 0. The normalized spacial score (nSPS) is 14.5. The highest BCUT2D eigenvalue weighted by atomic mass is 35.5. The Morgan fingerprint density at radius 2 is 1.71 bits per heavy atom. The summed E-state index contributed by atoms with van der Waals surface area (Å²) in [6.07, 6.45) is 1.61. The van der Waals surface area contributed by atoms with Crippen LogP contribution in [0.4, 0.5) is 11.4 Å². The summed E-state index contributed by atoms with van der Waals surface area (Å²) in [7, 11) is -7.17. The predicted molar refractivity (Wildman–Crippen MR) is 94.6 cm³/mol. The third-order valence-electron chi connectivity index (χ3n) is 3.64. The molecule has 0 fully saturated rings. The number of hydrogen-bond donors (Lipinski definition) is 1. The van der Waals surface area contributed by atoms with Crippen molar-refractivity contribution in [3.8, 4) is 0 Å². The SMILES string of the molecule is CS(=O)(=O)Nc1ccc2c(c1)N(S(=O)(=O)c1ccc(Cl)cc1)CC2. The topological polar surface area (TPSA) is 83.6 Å². The lowest BCUT2D eigenvalue weighted by molar-refractivity contribution is 0.592. The van der Waals surface area contributed by atoms with Crippen molar-refractivity contribution in [3.05, 3.63) is 53.1 Å². The zero-order valence-corrected chi connectivity index (χ0v) is 15.1. The van der Waals surface area contributed by atoms with Crippen LogP contribution in [0.1, 0.15) is 5.56 Å². The second kappa shape index (κ2) is 5.94. The first kappa shape index (κ1) is 17.1. The van der Waals surface area contributed by atoms with Crippen LogP contribution in [0.2, 0.25) is 5.02 Å². The lowest BCUT2D eigenvalue weighted by Crippen LogP contribution is -2.29. The molecule has 0 bridgehead atoms. The van der Waals surface area contributed by atoms with E-state index in [0.29, 0.717) is 29.4 Å². The Hall–Kier alpha value is -1.77. The van der Waals surface area contributed by atoms with E-state index in [9.17, 15) is 16.8 Å². The van der Waals surface area contributed by atoms with Gasteiger partial charge in [0, 0.05) is 11.6 Å². The van der Waals surface area contributed by atoms with E-state index in [1.165, 1.54) is 34.6 Å². The van der Waals surface area contributed by atoms with Gasteiger partial charge in [0.15, 0.2) is 0 Å². The molecule has 1 heterocycles. The fourth-order valence-electron chi connectivity index (χ4n) is 2.61. The van der Waals surface area contributed by atoms with E-state index in [1.54, 1.807) is 12.1 Å². The van der Waals surface area contributed by atoms with Crippen molar-refractivity contribution in [1.82, 2.24) is 0 Å². The molecule has 0 aromatic heterocycles. The summed E-state index contributed by atoms with van der Waals surface area (Å²) in [5.41, 5.74) is 1.67. The van der Waals surface area contributed by atoms with Crippen molar-refractivity contribution >= 4 is 43.0 Å². The molecule has 0 unspecified atom stereocenters. The standard InChI is InChI=1S/C15H15ClN2O4S2/c1-23(19,20)17-13-5-2-11-8-9-18(15(11)10-13)24(21,22)14-6-3-12(16)4-7-14/h2-7,10,17H,8-9H2,1H3. The molecular formula is C15H15ClN2O4S2. The molecule has 0 spiro atoms. The molecule has 2 aromatic rings. The number of hydrogen-bond acceptors (Lipinski definition) is 4. The summed E-state index contributed by atoms with van der Waals surface area (Å²) in [5, 5.41) is 0.454. The maximum Gasteiger partial charge on any atom is 0.264 e. The predicted octanol–water partition coefficient (Wildman–Crippen LogP) is 2.46. The highest BCUT2D eigenvalue weighted by Gasteiger charge is 2.31. The summed E-state index contributed by atoms with van der Waals surface area (Å²) < 4.78 is 52.1. The van der Waals surface area contributed by atoms with Crippen LogP contribution >= 0.6 is 11.6 Å². The lowest BCUT2D eigenvalue weighted by atomic mass is 10.1. The molecule has 1 aliphatic heterocycles. The first-order valence-electron chi connectivity index (χ1n) is 7.06. The van der Waals surface area contributed by atoms with E-state index < -0.39 is 20.0 Å². The number of rotatable bonds is 4. The van der Waals surface area contributed by atoms with Crippen molar-refractivity contribution < 1.29 is 16.8 Å². The fraction of sp³-hybridized carbons (Fsp3) is 0.200. The van der Waals surface area contributed by atoms with Gasteiger partial charge in [-0.15, -0.1) is 0 Å². The first-order valence-corrected chi connectivity index (χ1v) is 10.8. The second-order valence-corrected chi connectivity index (χ2v) is 9.55. The highest BCUT2D eigenvalue weighted by Crippen LogP contribution is 2.35. The molecule has 0 saturated carbocycles. The molecule has 1 N–H and O–H groups in total. The lowest BCUT2D eigenvalue weighted by Gasteiger charge is -2.20. The van der Waals surface area contributed by atoms with E-state index in [0.717, 1.165) is 11.8 Å². The van der Waals surface area contributed by atoms with E-state index in [-0.39, 0.29) is 4.90 Å². The molecule has 128 valence electrons. The monoisotopic (exact) mass is 386 g/mol.